The highest BCUT2D eigenvalue weighted by Gasteiger charge is 2.16. The average Bonchev–Trinajstić information content (AvgIpc) is 3.23. The molecule has 5 rings (SSSR count). The Morgan fingerprint density at radius 1 is 0.947 bits per heavy atom. The van der Waals surface area contributed by atoms with Crippen molar-refractivity contribution in [2.45, 2.75) is 40.7 Å². The van der Waals surface area contributed by atoms with Gasteiger partial charge in [0.1, 0.15) is 11.6 Å². The number of hydrogen-bond donors (Lipinski definition) is 3. The lowest BCUT2D eigenvalue weighted by Gasteiger charge is -2.13. The minimum atomic E-state index is -0.271. The number of anilines is 2. The fourth-order valence-corrected chi connectivity index (χ4v) is 4.32. The Balaban J connectivity index is 1.47. The van der Waals surface area contributed by atoms with Crippen molar-refractivity contribution in [3.63, 3.8) is 0 Å². The number of carbonyl (C=O) groups excluding carboxylic acids is 1. The molecule has 2 heterocycles. The number of hydrogen-bond acceptors (Lipinski definition) is 6. The molecule has 0 radical (unpaired) electrons. The third-order valence-corrected chi connectivity index (χ3v) is 6.26. The fourth-order valence-electron chi connectivity index (χ4n) is 4.32. The number of nitrogens with one attached hydrogen (secondary N) is 2. The van der Waals surface area contributed by atoms with E-state index in [0.717, 1.165) is 33.5 Å². The number of rotatable bonds is 6. The SMILES string of the molecule is Cc1ccc(-n2nc(C)cc2NC(=O)c2ccc(C)c(-c3cc4cnc(NC(C)C)nc4cc3O)c2)cc1. The molecule has 0 atom stereocenters. The standard InChI is InChI=1S/C30H30N6O2/c1-17(2)32-30-31-16-22-14-25(27(37)15-26(22)33-30)24-13-21(9-8-19(24)4)29(38)34-28-12-20(5)35-36(28)23-10-6-18(3)7-11-23/h6-17,37H,1-5H3,(H,34,38)(H,31,32,33). The van der Waals surface area contributed by atoms with E-state index in [2.05, 4.69) is 25.7 Å². The van der Waals surface area contributed by atoms with Crippen LogP contribution in [0.25, 0.3) is 27.7 Å². The topological polar surface area (TPSA) is 105 Å². The summed E-state index contributed by atoms with van der Waals surface area (Å²) >= 11 is 0. The first-order valence-corrected chi connectivity index (χ1v) is 12.5. The summed E-state index contributed by atoms with van der Waals surface area (Å²) in [5.41, 5.74) is 6.19. The van der Waals surface area contributed by atoms with Crippen LogP contribution in [0.5, 0.6) is 5.75 Å². The molecule has 0 aliphatic heterocycles. The van der Waals surface area contributed by atoms with E-state index in [1.807, 2.05) is 77.1 Å². The molecule has 0 aliphatic rings. The maximum Gasteiger partial charge on any atom is 0.256 e. The van der Waals surface area contributed by atoms with Crippen molar-refractivity contribution >= 4 is 28.6 Å². The van der Waals surface area contributed by atoms with Gasteiger partial charge in [-0.2, -0.15) is 5.10 Å². The summed E-state index contributed by atoms with van der Waals surface area (Å²) in [5, 5.41) is 22.4. The van der Waals surface area contributed by atoms with E-state index in [1.54, 1.807) is 29.1 Å². The number of aryl methyl sites for hydroxylation is 3. The van der Waals surface area contributed by atoms with Crippen molar-refractivity contribution in [3.8, 4) is 22.6 Å². The number of fused-ring (bicyclic) bond motifs is 1. The van der Waals surface area contributed by atoms with Crippen LogP contribution in [0.2, 0.25) is 0 Å². The summed E-state index contributed by atoms with van der Waals surface area (Å²) in [6.45, 7) is 9.88. The van der Waals surface area contributed by atoms with Gasteiger partial charge in [-0.1, -0.05) is 23.8 Å². The van der Waals surface area contributed by atoms with Crippen LogP contribution in [0.1, 0.15) is 41.0 Å². The summed E-state index contributed by atoms with van der Waals surface area (Å²) in [6, 6.07) is 18.9. The Kier molecular flexibility index (Phi) is 6.55. The van der Waals surface area contributed by atoms with Gasteiger partial charge < -0.3 is 15.7 Å². The smallest absolute Gasteiger partial charge is 0.256 e. The van der Waals surface area contributed by atoms with Gasteiger partial charge in [0.25, 0.3) is 5.91 Å². The fraction of sp³-hybridized carbons (Fsp3) is 0.200. The first-order valence-electron chi connectivity index (χ1n) is 12.5. The molecular weight excluding hydrogens is 476 g/mol. The van der Waals surface area contributed by atoms with Gasteiger partial charge in [0.05, 0.1) is 16.9 Å². The highest BCUT2D eigenvalue weighted by atomic mass is 16.3. The zero-order chi connectivity index (χ0) is 27.0. The van der Waals surface area contributed by atoms with Crippen LogP contribution in [0.3, 0.4) is 0 Å². The number of amides is 1. The Hall–Kier alpha value is -4.72. The maximum atomic E-state index is 13.3. The number of benzene rings is 3. The van der Waals surface area contributed by atoms with Crippen LogP contribution in [-0.4, -0.2) is 36.8 Å². The third-order valence-electron chi connectivity index (χ3n) is 6.26. The van der Waals surface area contributed by atoms with E-state index < -0.39 is 0 Å². The summed E-state index contributed by atoms with van der Waals surface area (Å²) < 4.78 is 1.72. The van der Waals surface area contributed by atoms with Gasteiger partial charge in [0, 0.05) is 40.9 Å². The summed E-state index contributed by atoms with van der Waals surface area (Å²) in [4.78, 5) is 22.2. The van der Waals surface area contributed by atoms with Crippen LogP contribution < -0.4 is 10.6 Å². The van der Waals surface area contributed by atoms with E-state index in [4.69, 9.17) is 0 Å². The van der Waals surface area contributed by atoms with Crippen molar-refractivity contribution in [2.75, 3.05) is 10.6 Å². The summed E-state index contributed by atoms with van der Waals surface area (Å²) in [6.07, 6.45) is 1.73. The van der Waals surface area contributed by atoms with Crippen molar-refractivity contribution in [3.05, 3.63) is 89.2 Å². The van der Waals surface area contributed by atoms with Gasteiger partial charge in [-0.25, -0.2) is 14.6 Å². The molecule has 0 spiro atoms. The van der Waals surface area contributed by atoms with E-state index >= 15 is 0 Å². The van der Waals surface area contributed by atoms with Gasteiger partial charge in [0.2, 0.25) is 5.95 Å². The predicted octanol–water partition coefficient (Wildman–Crippen LogP) is 6.19. The molecule has 3 N–H and O–H groups in total. The van der Waals surface area contributed by atoms with Crippen LogP contribution in [0.15, 0.2) is 66.9 Å². The van der Waals surface area contributed by atoms with E-state index in [9.17, 15) is 9.90 Å². The molecule has 192 valence electrons. The van der Waals surface area contributed by atoms with E-state index in [0.29, 0.717) is 28.4 Å². The van der Waals surface area contributed by atoms with Crippen molar-refractivity contribution in [2.24, 2.45) is 0 Å². The van der Waals surface area contributed by atoms with Crippen LogP contribution in [0.4, 0.5) is 11.8 Å². The van der Waals surface area contributed by atoms with Crippen molar-refractivity contribution in [1.82, 2.24) is 19.7 Å². The van der Waals surface area contributed by atoms with Crippen molar-refractivity contribution < 1.29 is 9.90 Å². The molecule has 0 bridgehead atoms. The second kappa shape index (κ2) is 9.97. The van der Waals surface area contributed by atoms with Crippen LogP contribution >= 0.6 is 0 Å². The number of carbonyl (C=O) groups is 1. The molecule has 38 heavy (non-hydrogen) atoms. The molecule has 8 heteroatoms. The summed E-state index contributed by atoms with van der Waals surface area (Å²) in [5.74, 6) is 0.901. The van der Waals surface area contributed by atoms with Gasteiger partial charge in [-0.3, -0.25) is 4.79 Å². The van der Waals surface area contributed by atoms with Crippen molar-refractivity contribution in [1.29, 1.82) is 0 Å². The lowest BCUT2D eigenvalue weighted by molar-refractivity contribution is 0.102. The highest BCUT2D eigenvalue weighted by molar-refractivity contribution is 6.05. The van der Waals surface area contributed by atoms with Gasteiger partial charge in [0.15, 0.2) is 0 Å². The number of nitrogens with zero attached hydrogens (tertiary/aromatic N) is 4. The zero-order valence-electron chi connectivity index (χ0n) is 22.1. The number of phenols is 1. The van der Waals surface area contributed by atoms with E-state index in [1.165, 1.54) is 0 Å². The highest BCUT2D eigenvalue weighted by Crippen LogP contribution is 2.35. The molecule has 0 saturated heterocycles. The molecule has 0 fully saturated rings. The molecule has 0 aliphatic carbocycles. The minimum Gasteiger partial charge on any atom is -0.507 e. The lowest BCUT2D eigenvalue weighted by atomic mass is 9.96. The van der Waals surface area contributed by atoms with Gasteiger partial charge in [-0.05, 0) is 76.1 Å². The third kappa shape index (κ3) is 5.06. The number of aromatic nitrogens is 4. The summed E-state index contributed by atoms with van der Waals surface area (Å²) in [7, 11) is 0. The Morgan fingerprint density at radius 2 is 1.71 bits per heavy atom. The molecule has 1 amide bonds. The maximum absolute atomic E-state index is 13.3. The zero-order valence-corrected chi connectivity index (χ0v) is 22.1. The van der Waals surface area contributed by atoms with Crippen LogP contribution in [0, 0.1) is 20.8 Å². The predicted molar refractivity (Wildman–Crippen MR) is 151 cm³/mol. The Morgan fingerprint density at radius 3 is 2.45 bits per heavy atom. The molecule has 2 aromatic heterocycles. The average molecular weight is 507 g/mol. The van der Waals surface area contributed by atoms with Crippen LogP contribution in [-0.2, 0) is 0 Å². The first-order chi connectivity index (χ1) is 18.2. The monoisotopic (exact) mass is 506 g/mol. The second-order valence-corrected chi connectivity index (χ2v) is 9.82. The molecular formula is C30H30N6O2. The van der Waals surface area contributed by atoms with Gasteiger partial charge in [-0.15, -0.1) is 0 Å². The minimum absolute atomic E-state index is 0.0837. The molecule has 0 saturated carbocycles. The lowest BCUT2D eigenvalue weighted by Crippen LogP contribution is -2.15. The van der Waals surface area contributed by atoms with Gasteiger partial charge >= 0.3 is 0 Å². The quantitative estimate of drug-likeness (QED) is 0.254. The Labute approximate surface area is 221 Å². The number of phenolic OH excluding ortho intramolecular Hbond substituents is 1. The largest absolute Gasteiger partial charge is 0.507 e. The number of aromatic hydroxyl groups is 1. The molecule has 8 nitrogen and oxygen atoms in total. The van der Waals surface area contributed by atoms with E-state index in [-0.39, 0.29) is 17.7 Å². The first kappa shape index (κ1) is 25.0. The normalized spacial score (nSPS) is 11.2. The molecule has 3 aromatic carbocycles. The molecule has 5 aromatic rings. The Bertz CT molecular complexity index is 1650. The second-order valence-electron chi connectivity index (χ2n) is 9.82. The molecule has 0 unspecified atom stereocenters.